The van der Waals surface area contributed by atoms with Crippen molar-refractivity contribution < 1.29 is 18.4 Å². The molecule has 0 radical (unpaired) electrons. The highest BCUT2D eigenvalue weighted by atomic mass is 19.2. The van der Waals surface area contributed by atoms with Crippen LogP contribution in [0.1, 0.15) is 27.9 Å². The fourth-order valence-electron chi connectivity index (χ4n) is 3.39. The van der Waals surface area contributed by atoms with Crippen molar-refractivity contribution in [1.29, 1.82) is 0 Å². The van der Waals surface area contributed by atoms with E-state index < -0.39 is 11.6 Å². The SMILES string of the molecule is C=CC(=O)NCc1ccc(C(=O)N2CCC(Cc3ccc(F)c(F)c3)C2)cc1. The van der Waals surface area contributed by atoms with Crippen molar-refractivity contribution in [2.24, 2.45) is 5.92 Å². The summed E-state index contributed by atoms with van der Waals surface area (Å²) in [4.78, 5) is 25.7. The van der Waals surface area contributed by atoms with E-state index in [-0.39, 0.29) is 17.7 Å². The van der Waals surface area contributed by atoms with E-state index in [1.807, 2.05) is 12.1 Å². The molecule has 0 bridgehead atoms. The maximum Gasteiger partial charge on any atom is 0.253 e. The van der Waals surface area contributed by atoms with Gasteiger partial charge in [0, 0.05) is 25.2 Å². The van der Waals surface area contributed by atoms with E-state index in [1.165, 1.54) is 12.1 Å². The number of nitrogens with one attached hydrogen (secondary N) is 1. The molecule has 28 heavy (non-hydrogen) atoms. The fourth-order valence-corrected chi connectivity index (χ4v) is 3.39. The van der Waals surface area contributed by atoms with E-state index in [4.69, 9.17) is 0 Å². The van der Waals surface area contributed by atoms with E-state index in [0.717, 1.165) is 23.6 Å². The Morgan fingerprint density at radius 3 is 2.50 bits per heavy atom. The zero-order valence-electron chi connectivity index (χ0n) is 15.5. The molecule has 1 N–H and O–H groups in total. The number of likely N-dealkylation sites (tertiary alicyclic amines) is 1. The van der Waals surface area contributed by atoms with Crippen LogP contribution in [0.15, 0.2) is 55.1 Å². The molecule has 0 saturated carbocycles. The van der Waals surface area contributed by atoms with E-state index in [2.05, 4.69) is 11.9 Å². The Balaban J connectivity index is 1.55. The number of hydrogen-bond donors (Lipinski definition) is 1. The van der Waals surface area contributed by atoms with Gasteiger partial charge in [-0.05, 0) is 60.2 Å². The summed E-state index contributed by atoms with van der Waals surface area (Å²) in [5, 5.41) is 2.69. The zero-order valence-corrected chi connectivity index (χ0v) is 15.5. The summed E-state index contributed by atoms with van der Waals surface area (Å²) >= 11 is 0. The molecule has 1 aliphatic heterocycles. The molecule has 2 aromatic rings. The molecule has 3 rings (SSSR count). The van der Waals surface area contributed by atoms with Crippen LogP contribution in [0.3, 0.4) is 0 Å². The number of hydrogen-bond acceptors (Lipinski definition) is 2. The molecule has 6 heteroatoms. The van der Waals surface area contributed by atoms with Crippen LogP contribution in [0.4, 0.5) is 8.78 Å². The van der Waals surface area contributed by atoms with Crippen molar-refractivity contribution in [2.45, 2.75) is 19.4 Å². The monoisotopic (exact) mass is 384 g/mol. The van der Waals surface area contributed by atoms with Crippen LogP contribution in [0, 0.1) is 17.6 Å². The van der Waals surface area contributed by atoms with Crippen LogP contribution in [-0.2, 0) is 17.8 Å². The number of amides is 2. The minimum absolute atomic E-state index is 0.0468. The lowest BCUT2D eigenvalue weighted by molar-refractivity contribution is -0.116. The highest BCUT2D eigenvalue weighted by molar-refractivity contribution is 5.94. The first-order valence-electron chi connectivity index (χ1n) is 9.18. The van der Waals surface area contributed by atoms with Crippen LogP contribution >= 0.6 is 0 Å². The number of benzene rings is 2. The smallest absolute Gasteiger partial charge is 0.253 e. The summed E-state index contributed by atoms with van der Waals surface area (Å²) in [6.07, 6.45) is 2.65. The Labute approximate surface area is 162 Å². The molecule has 1 heterocycles. The Morgan fingerprint density at radius 2 is 1.82 bits per heavy atom. The molecule has 2 aromatic carbocycles. The van der Waals surface area contributed by atoms with Crippen LogP contribution in [0.2, 0.25) is 0 Å². The minimum atomic E-state index is -0.848. The van der Waals surface area contributed by atoms with Gasteiger partial charge in [0.2, 0.25) is 5.91 Å². The van der Waals surface area contributed by atoms with Crippen molar-refractivity contribution in [3.63, 3.8) is 0 Å². The Hall–Kier alpha value is -3.02. The van der Waals surface area contributed by atoms with Gasteiger partial charge in [0.25, 0.3) is 5.91 Å². The summed E-state index contributed by atoms with van der Waals surface area (Å²) < 4.78 is 26.4. The van der Waals surface area contributed by atoms with Gasteiger partial charge in [-0.15, -0.1) is 0 Å². The second-order valence-corrected chi connectivity index (χ2v) is 6.98. The molecule has 1 atom stereocenters. The number of carbonyl (C=O) groups is 2. The van der Waals surface area contributed by atoms with Gasteiger partial charge >= 0.3 is 0 Å². The van der Waals surface area contributed by atoms with Crippen LogP contribution < -0.4 is 5.32 Å². The molecule has 1 fully saturated rings. The van der Waals surface area contributed by atoms with Crippen molar-refractivity contribution in [1.82, 2.24) is 10.2 Å². The van der Waals surface area contributed by atoms with Crippen molar-refractivity contribution in [3.05, 3.63) is 83.4 Å². The molecule has 1 unspecified atom stereocenters. The summed E-state index contributed by atoms with van der Waals surface area (Å²) in [5.41, 5.74) is 2.22. The topological polar surface area (TPSA) is 49.4 Å². The molecular weight excluding hydrogens is 362 g/mol. The number of rotatable bonds is 6. The average Bonchev–Trinajstić information content (AvgIpc) is 3.17. The van der Waals surface area contributed by atoms with Crippen LogP contribution in [-0.4, -0.2) is 29.8 Å². The van der Waals surface area contributed by atoms with Gasteiger partial charge in [-0.1, -0.05) is 24.8 Å². The standard InChI is InChI=1S/C22H22F2N2O2/c1-2-21(27)25-13-15-3-6-18(7-4-15)22(28)26-10-9-17(14-26)11-16-5-8-19(23)20(24)12-16/h2-8,12,17H,1,9-11,13-14H2,(H,25,27). The Bertz CT molecular complexity index is 881. The quantitative estimate of drug-likeness (QED) is 0.776. The fraction of sp³-hybridized carbons (Fsp3) is 0.273. The highest BCUT2D eigenvalue weighted by Gasteiger charge is 2.27. The first kappa shape index (κ1) is 19.7. The number of carbonyl (C=O) groups excluding carboxylic acids is 2. The van der Waals surface area contributed by atoms with Gasteiger partial charge in [-0.25, -0.2) is 8.78 Å². The number of nitrogens with zero attached hydrogens (tertiary/aromatic N) is 1. The third-order valence-electron chi connectivity index (χ3n) is 4.93. The van der Waals surface area contributed by atoms with Crippen molar-refractivity contribution >= 4 is 11.8 Å². The van der Waals surface area contributed by atoms with Crippen LogP contribution in [0.5, 0.6) is 0 Å². The molecule has 0 spiro atoms. The zero-order chi connectivity index (χ0) is 20.1. The largest absolute Gasteiger partial charge is 0.348 e. The molecule has 1 saturated heterocycles. The molecule has 4 nitrogen and oxygen atoms in total. The predicted octanol–water partition coefficient (Wildman–Crippen LogP) is 3.47. The van der Waals surface area contributed by atoms with Gasteiger partial charge in [0.1, 0.15) is 0 Å². The molecular formula is C22H22F2N2O2. The maximum absolute atomic E-state index is 13.4. The molecule has 1 aliphatic rings. The third kappa shape index (κ3) is 4.82. The van der Waals surface area contributed by atoms with Gasteiger partial charge in [-0.3, -0.25) is 9.59 Å². The third-order valence-corrected chi connectivity index (χ3v) is 4.93. The lowest BCUT2D eigenvalue weighted by Gasteiger charge is -2.17. The number of halogens is 2. The van der Waals surface area contributed by atoms with Gasteiger partial charge in [-0.2, -0.15) is 0 Å². The molecule has 146 valence electrons. The van der Waals surface area contributed by atoms with E-state index in [9.17, 15) is 18.4 Å². The summed E-state index contributed by atoms with van der Waals surface area (Å²) in [6, 6.07) is 11.1. The lowest BCUT2D eigenvalue weighted by atomic mass is 9.98. The normalized spacial score (nSPS) is 16.1. The van der Waals surface area contributed by atoms with E-state index >= 15 is 0 Å². The van der Waals surface area contributed by atoms with Gasteiger partial charge in [0.05, 0.1) is 0 Å². The van der Waals surface area contributed by atoms with E-state index in [1.54, 1.807) is 23.1 Å². The second kappa shape index (κ2) is 8.78. The Kier molecular flexibility index (Phi) is 6.19. The van der Waals surface area contributed by atoms with Gasteiger partial charge in [0.15, 0.2) is 11.6 Å². The lowest BCUT2D eigenvalue weighted by Crippen LogP contribution is -2.29. The molecule has 0 aromatic heterocycles. The Morgan fingerprint density at radius 1 is 1.11 bits per heavy atom. The first-order valence-corrected chi connectivity index (χ1v) is 9.18. The maximum atomic E-state index is 13.4. The van der Waals surface area contributed by atoms with Gasteiger partial charge < -0.3 is 10.2 Å². The summed E-state index contributed by atoms with van der Waals surface area (Å²) in [7, 11) is 0. The summed E-state index contributed by atoms with van der Waals surface area (Å²) in [6.45, 7) is 5.01. The average molecular weight is 384 g/mol. The van der Waals surface area contributed by atoms with Crippen molar-refractivity contribution in [3.8, 4) is 0 Å². The second-order valence-electron chi connectivity index (χ2n) is 6.98. The van der Waals surface area contributed by atoms with Crippen molar-refractivity contribution in [2.75, 3.05) is 13.1 Å². The van der Waals surface area contributed by atoms with E-state index in [0.29, 0.717) is 31.6 Å². The molecule has 0 aliphatic carbocycles. The molecule has 2 amide bonds. The predicted molar refractivity (Wildman–Crippen MR) is 103 cm³/mol. The summed E-state index contributed by atoms with van der Waals surface area (Å²) in [5.74, 6) is -1.76. The highest BCUT2D eigenvalue weighted by Crippen LogP contribution is 2.23. The minimum Gasteiger partial charge on any atom is -0.348 e. The van der Waals surface area contributed by atoms with Crippen LogP contribution in [0.25, 0.3) is 0 Å². The first-order chi connectivity index (χ1) is 13.5.